The van der Waals surface area contributed by atoms with E-state index in [9.17, 15) is 5.11 Å². The Morgan fingerprint density at radius 2 is 2.13 bits per heavy atom. The number of aliphatic hydroxyl groups excluding tert-OH is 1. The molecule has 0 radical (unpaired) electrons. The van der Waals surface area contributed by atoms with E-state index in [0.717, 1.165) is 22.9 Å². The highest BCUT2D eigenvalue weighted by Gasteiger charge is 2.34. The Morgan fingerprint density at radius 3 is 2.67 bits per heavy atom. The first-order valence-corrected chi connectivity index (χ1v) is 6.15. The summed E-state index contributed by atoms with van der Waals surface area (Å²) in [5.41, 5.74) is 6.91. The van der Waals surface area contributed by atoms with Crippen molar-refractivity contribution in [1.82, 2.24) is 0 Å². The maximum Gasteiger partial charge on any atom is 0.0760 e. The molecule has 0 saturated heterocycles. The number of hydrogen-bond acceptors (Lipinski definition) is 2. The van der Waals surface area contributed by atoms with Gasteiger partial charge in [-0.1, -0.05) is 17.7 Å². The van der Waals surface area contributed by atoms with Crippen LogP contribution in [-0.2, 0) is 0 Å². The van der Waals surface area contributed by atoms with Crippen molar-refractivity contribution in [1.29, 1.82) is 0 Å². The smallest absolute Gasteiger partial charge is 0.0760 e. The number of hydrogen-bond donors (Lipinski definition) is 2. The molecule has 1 aromatic rings. The molecule has 1 fully saturated rings. The van der Waals surface area contributed by atoms with Crippen molar-refractivity contribution in [2.75, 3.05) is 0 Å². The summed E-state index contributed by atoms with van der Waals surface area (Å²) in [6, 6.07) is 5.22. The summed E-state index contributed by atoms with van der Waals surface area (Å²) < 4.78 is 0.820. The summed E-state index contributed by atoms with van der Waals surface area (Å²) in [5, 5.41) is 10.6. The van der Waals surface area contributed by atoms with Gasteiger partial charge in [-0.05, 0) is 52.4 Å². The number of nitrogens with two attached hydrogens (primary N) is 1. The van der Waals surface area contributed by atoms with Crippen LogP contribution in [0.15, 0.2) is 22.7 Å². The lowest BCUT2D eigenvalue weighted by Gasteiger charge is -2.19. The van der Waals surface area contributed by atoms with Gasteiger partial charge in [-0.3, -0.25) is 0 Å². The summed E-state index contributed by atoms with van der Waals surface area (Å²) in [6.45, 7) is 0. The molecule has 0 aromatic heterocycles. The van der Waals surface area contributed by atoms with Gasteiger partial charge in [0, 0.05) is 4.47 Å². The Morgan fingerprint density at radius 1 is 1.47 bits per heavy atom. The van der Waals surface area contributed by atoms with Gasteiger partial charge in [-0.15, -0.1) is 0 Å². The summed E-state index contributed by atoms with van der Waals surface area (Å²) in [5.74, 6) is 0.384. The second-order valence-electron chi connectivity index (χ2n) is 4.03. The highest BCUT2D eigenvalue weighted by molar-refractivity contribution is 9.10. The molecule has 82 valence electrons. The van der Waals surface area contributed by atoms with Gasteiger partial charge in [0.05, 0.1) is 17.2 Å². The fourth-order valence-electron chi connectivity index (χ4n) is 1.65. The van der Waals surface area contributed by atoms with Crippen molar-refractivity contribution in [3.63, 3.8) is 0 Å². The van der Waals surface area contributed by atoms with Gasteiger partial charge in [0.1, 0.15) is 0 Å². The van der Waals surface area contributed by atoms with E-state index in [1.165, 1.54) is 0 Å². The molecule has 1 aliphatic carbocycles. The number of rotatable bonds is 3. The van der Waals surface area contributed by atoms with Crippen molar-refractivity contribution in [2.45, 2.75) is 25.0 Å². The van der Waals surface area contributed by atoms with E-state index in [1.54, 1.807) is 6.07 Å². The molecule has 0 unspecified atom stereocenters. The molecule has 0 spiro atoms. The van der Waals surface area contributed by atoms with Crippen molar-refractivity contribution < 1.29 is 5.11 Å². The molecule has 2 nitrogen and oxygen atoms in total. The van der Waals surface area contributed by atoms with Crippen molar-refractivity contribution in [2.24, 2.45) is 11.7 Å². The van der Waals surface area contributed by atoms with Crippen LogP contribution in [0.25, 0.3) is 0 Å². The van der Waals surface area contributed by atoms with Crippen molar-refractivity contribution >= 4 is 27.5 Å². The molecule has 2 rings (SSSR count). The summed E-state index contributed by atoms with van der Waals surface area (Å²) in [7, 11) is 0. The molecule has 1 aromatic carbocycles. The highest BCUT2D eigenvalue weighted by Crippen LogP contribution is 2.38. The van der Waals surface area contributed by atoms with Gasteiger partial charge in [0.15, 0.2) is 0 Å². The Hall–Kier alpha value is -0.0900. The monoisotopic (exact) mass is 289 g/mol. The lowest BCUT2D eigenvalue weighted by atomic mass is 9.99. The fourth-order valence-corrected chi connectivity index (χ4v) is 2.16. The second-order valence-corrected chi connectivity index (χ2v) is 5.29. The summed E-state index contributed by atoms with van der Waals surface area (Å²) in [6.07, 6.45) is 1.74. The predicted molar refractivity (Wildman–Crippen MR) is 64.8 cm³/mol. The Kier molecular flexibility index (Phi) is 3.36. The number of benzene rings is 1. The van der Waals surface area contributed by atoms with Gasteiger partial charge in [0.2, 0.25) is 0 Å². The van der Waals surface area contributed by atoms with Crippen molar-refractivity contribution in [3.05, 3.63) is 33.3 Å². The Labute approximate surface area is 103 Å². The zero-order valence-corrected chi connectivity index (χ0v) is 10.5. The first-order chi connectivity index (χ1) is 7.09. The molecule has 4 heteroatoms. The van der Waals surface area contributed by atoms with Crippen LogP contribution < -0.4 is 5.73 Å². The van der Waals surface area contributed by atoms with Gasteiger partial charge in [-0.25, -0.2) is 0 Å². The van der Waals surface area contributed by atoms with Gasteiger partial charge < -0.3 is 10.8 Å². The molecule has 15 heavy (non-hydrogen) atoms. The first kappa shape index (κ1) is 11.4. The largest absolute Gasteiger partial charge is 0.391 e. The van der Waals surface area contributed by atoms with E-state index in [0.29, 0.717) is 10.9 Å². The van der Waals surface area contributed by atoms with Crippen LogP contribution in [0.5, 0.6) is 0 Å². The van der Waals surface area contributed by atoms with Crippen LogP contribution in [0.4, 0.5) is 0 Å². The summed E-state index contributed by atoms with van der Waals surface area (Å²) >= 11 is 9.24. The SMILES string of the molecule is N[C@@H](c1ccc(Cl)c(Br)c1)[C@H](O)C1CC1. The van der Waals surface area contributed by atoms with Crippen LogP contribution in [0.3, 0.4) is 0 Å². The van der Waals surface area contributed by atoms with Gasteiger partial charge in [-0.2, -0.15) is 0 Å². The van der Waals surface area contributed by atoms with E-state index >= 15 is 0 Å². The zero-order valence-electron chi connectivity index (χ0n) is 8.16. The predicted octanol–water partition coefficient (Wildman–Crippen LogP) is 2.87. The third-order valence-electron chi connectivity index (χ3n) is 2.80. The molecule has 0 bridgehead atoms. The molecule has 0 aliphatic heterocycles. The van der Waals surface area contributed by atoms with Gasteiger partial charge in [0.25, 0.3) is 0 Å². The van der Waals surface area contributed by atoms with Crippen LogP contribution >= 0.6 is 27.5 Å². The number of aliphatic hydroxyl groups is 1. The Balaban J connectivity index is 2.17. The minimum absolute atomic E-state index is 0.314. The summed E-state index contributed by atoms with van der Waals surface area (Å²) in [4.78, 5) is 0. The second kappa shape index (κ2) is 4.42. The van der Waals surface area contributed by atoms with Crippen LogP contribution in [-0.4, -0.2) is 11.2 Å². The van der Waals surface area contributed by atoms with Crippen molar-refractivity contribution in [3.8, 4) is 0 Å². The quantitative estimate of drug-likeness (QED) is 0.899. The van der Waals surface area contributed by atoms with E-state index in [-0.39, 0.29) is 6.04 Å². The molecule has 1 aliphatic rings. The first-order valence-electron chi connectivity index (χ1n) is 4.98. The topological polar surface area (TPSA) is 46.2 Å². The molecule has 0 heterocycles. The minimum Gasteiger partial charge on any atom is -0.391 e. The van der Waals surface area contributed by atoms with Gasteiger partial charge >= 0.3 is 0 Å². The maximum absolute atomic E-state index is 9.90. The highest BCUT2D eigenvalue weighted by atomic mass is 79.9. The van der Waals surface area contributed by atoms with E-state index in [2.05, 4.69) is 15.9 Å². The molecular formula is C11H13BrClNO. The molecule has 0 amide bonds. The fraction of sp³-hybridized carbons (Fsp3) is 0.455. The average molecular weight is 291 g/mol. The number of halogens is 2. The third kappa shape index (κ3) is 2.53. The third-order valence-corrected chi connectivity index (χ3v) is 4.02. The van der Waals surface area contributed by atoms with E-state index in [4.69, 9.17) is 17.3 Å². The molecular weight excluding hydrogens is 277 g/mol. The van der Waals surface area contributed by atoms with E-state index < -0.39 is 6.10 Å². The minimum atomic E-state index is -0.432. The lowest BCUT2D eigenvalue weighted by Crippen LogP contribution is -2.27. The molecule has 2 atom stereocenters. The average Bonchev–Trinajstić information content (AvgIpc) is 3.03. The van der Waals surface area contributed by atoms with E-state index in [1.807, 2.05) is 12.1 Å². The Bertz CT molecular complexity index is 368. The zero-order chi connectivity index (χ0) is 11.0. The standard InChI is InChI=1S/C11H13BrClNO/c12-8-5-7(3-4-9(8)13)10(14)11(15)6-1-2-6/h3-6,10-11,15H,1-2,14H2/t10-,11+/m0/s1. The van der Waals surface area contributed by atoms with Crippen LogP contribution in [0.2, 0.25) is 5.02 Å². The molecule has 1 saturated carbocycles. The van der Waals surface area contributed by atoms with Crippen LogP contribution in [0.1, 0.15) is 24.4 Å². The van der Waals surface area contributed by atoms with Crippen LogP contribution in [0, 0.1) is 5.92 Å². The normalized spacial score (nSPS) is 20.0. The maximum atomic E-state index is 9.90. The molecule has 3 N–H and O–H groups in total. The lowest BCUT2D eigenvalue weighted by molar-refractivity contribution is 0.122.